The Bertz CT molecular complexity index is 644. The van der Waals surface area contributed by atoms with Gasteiger partial charge in [0.25, 0.3) is 0 Å². The van der Waals surface area contributed by atoms with Crippen molar-refractivity contribution in [3.8, 4) is 0 Å². The van der Waals surface area contributed by atoms with Crippen molar-refractivity contribution in [2.75, 3.05) is 5.32 Å². The topological polar surface area (TPSA) is 62.2 Å². The van der Waals surface area contributed by atoms with Gasteiger partial charge < -0.3 is 10.4 Å². The van der Waals surface area contributed by atoms with Gasteiger partial charge in [-0.15, -0.1) is 11.3 Å². The Hall–Kier alpha value is -2.09. The molecule has 2 N–H and O–H groups in total. The molecule has 124 valence electrons. The predicted octanol–water partition coefficient (Wildman–Crippen LogP) is 4.05. The lowest BCUT2D eigenvalue weighted by Gasteiger charge is -2.17. The minimum atomic E-state index is -4.48. The normalized spacial score (nSPS) is 12.8. The summed E-state index contributed by atoms with van der Waals surface area (Å²) in [4.78, 5) is 14.3. The summed E-state index contributed by atoms with van der Waals surface area (Å²) >= 11 is 0.860. The number of alkyl halides is 3. The number of carboxylic acids is 1. The van der Waals surface area contributed by atoms with Crippen LogP contribution >= 0.6 is 11.3 Å². The van der Waals surface area contributed by atoms with Gasteiger partial charge in [-0.25, -0.2) is 4.98 Å². The molecule has 1 aromatic carbocycles. The van der Waals surface area contributed by atoms with Gasteiger partial charge in [0.05, 0.1) is 0 Å². The fraction of sp³-hybridized carbons (Fsp3) is 0.333. The Morgan fingerprint density at radius 1 is 1.30 bits per heavy atom. The lowest BCUT2D eigenvalue weighted by molar-refractivity contribution is -0.140. The Morgan fingerprint density at radius 3 is 2.57 bits per heavy atom. The zero-order valence-electron chi connectivity index (χ0n) is 12.0. The van der Waals surface area contributed by atoms with Gasteiger partial charge in [0, 0.05) is 17.8 Å². The van der Waals surface area contributed by atoms with Gasteiger partial charge in [-0.05, 0) is 18.4 Å². The number of benzene rings is 1. The summed E-state index contributed by atoms with van der Waals surface area (Å²) in [5.74, 6) is -0.944. The molecule has 2 aromatic rings. The number of anilines is 1. The molecule has 0 saturated carbocycles. The van der Waals surface area contributed by atoms with E-state index in [0.717, 1.165) is 22.3 Å². The number of nitrogens with one attached hydrogen (secondary N) is 1. The smallest absolute Gasteiger partial charge is 0.434 e. The van der Waals surface area contributed by atoms with Crippen molar-refractivity contribution in [3.63, 3.8) is 0 Å². The maximum absolute atomic E-state index is 12.6. The summed E-state index contributed by atoms with van der Waals surface area (Å²) < 4.78 is 37.7. The van der Waals surface area contributed by atoms with E-state index in [1.807, 2.05) is 30.3 Å². The van der Waals surface area contributed by atoms with Crippen LogP contribution in [-0.4, -0.2) is 22.1 Å². The standard InChI is InChI=1S/C15H15F3N2O2S/c16-15(17,18)12-9-23-14(20-12)19-11(6-7-13(21)22)8-10-4-2-1-3-5-10/h1-5,9,11H,6-8H2,(H,19,20)(H,21,22). The van der Waals surface area contributed by atoms with E-state index in [1.54, 1.807) is 0 Å². The third kappa shape index (κ3) is 5.55. The van der Waals surface area contributed by atoms with Crippen LogP contribution in [-0.2, 0) is 17.4 Å². The summed E-state index contributed by atoms with van der Waals surface area (Å²) in [6.45, 7) is 0. The first-order chi connectivity index (χ1) is 10.8. The number of aromatic nitrogens is 1. The van der Waals surface area contributed by atoms with Crippen LogP contribution in [0, 0.1) is 0 Å². The maximum Gasteiger partial charge on any atom is 0.434 e. The predicted molar refractivity (Wildman–Crippen MR) is 81.5 cm³/mol. The molecule has 0 radical (unpaired) electrons. The summed E-state index contributed by atoms with van der Waals surface area (Å²) in [5.41, 5.74) is 0.0321. The SMILES string of the molecule is O=C(O)CCC(Cc1ccccc1)Nc1nc(C(F)(F)F)cs1. The number of hydrogen-bond donors (Lipinski definition) is 2. The second-order valence-electron chi connectivity index (χ2n) is 5.00. The average Bonchev–Trinajstić information content (AvgIpc) is 2.94. The third-order valence-corrected chi connectivity index (χ3v) is 3.93. The first kappa shape index (κ1) is 17.3. The Kier molecular flexibility index (Phi) is 5.59. The van der Waals surface area contributed by atoms with Crippen LogP contribution in [0.4, 0.5) is 18.3 Å². The first-order valence-corrected chi connectivity index (χ1v) is 7.77. The number of nitrogens with zero attached hydrogens (tertiary/aromatic N) is 1. The molecule has 0 spiro atoms. The second-order valence-corrected chi connectivity index (χ2v) is 5.86. The van der Waals surface area contributed by atoms with E-state index in [2.05, 4.69) is 10.3 Å². The van der Waals surface area contributed by atoms with E-state index in [0.29, 0.717) is 12.8 Å². The molecule has 0 fully saturated rings. The third-order valence-electron chi connectivity index (χ3n) is 3.15. The molecular weight excluding hydrogens is 329 g/mol. The summed E-state index contributed by atoms with van der Waals surface area (Å²) in [5, 5.41) is 12.8. The van der Waals surface area contributed by atoms with Crippen LogP contribution in [0.2, 0.25) is 0 Å². The molecule has 0 aliphatic carbocycles. The number of halogens is 3. The van der Waals surface area contributed by atoms with Crippen molar-refractivity contribution < 1.29 is 23.1 Å². The van der Waals surface area contributed by atoms with E-state index < -0.39 is 17.8 Å². The molecule has 1 heterocycles. The van der Waals surface area contributed by atoms with Crippen LogP contribution in [0.15, 0.2) is 35.7 Å². The highest BCUT2D eigenvalue weighted by atomic mass is 32.1. The minimum absolute atomic E-state index is 0.0675. The van der Waals surface area contributed by atoms with Crippen molar-refractivity contribution >= 4 is 22.4 Å². The average molecular weight is 344 g/mol. The highest BCUT2D eigenvalue weighted by molar-refractivity contribution is 7.13. The monoisotopic (exact) mass is 344 g/mol. The van der Waals surface area contributed by atoms with Crippen LogP contribution in [0.1, 0.15) is 24.1 Å². The van der Waals surface area contributed by atoms with Crippen LogP contribution < -0.4 is 5.32 Å². The molecule has 23 heavy (non-hydrogen) atoms. The molecule has 4 nitrogen and oxygen atoms in total. The van der Waals surface area contributed by atoms with Gasteiger partial charge in [0.2, 0.25) is 0 Å². The molecule has 1 aromatic heterocycles. The lowest BCUT2D eigenvalue weighted by atomic mass is 10.0. The van der Waals surface area contributed by atoms with Crippen LogP contribution in [0.25, 0.3) is 0 Å². The van der Waals surface area contributed by atoms with Crippen molar-refractivity contribution in [2.24, 2.45) is 0 Å². The fourth-order valence-corrected chi connectivity index (χ4v) is 2.86. The zero-order chi connectivity index (χ0) is 16.9. The zero-order valence-corrected chi connectivity index (χ0v) is 12.8. The minimum Gasteiger partial charge on any atom is -0.481 e. The van der Waals surface area contributed by atoms with Crippen molar-refractivity contribution in [1.82, 2.24) is 4.98 Å². The van der Waals surface area contributed by atoms with Crippen LogP contribution in [0.5, 0.6) is 0 Å². The molecular formula is C15H15F3N2O2S. The Morgan fingerprint density at radius 2 is 2.00 bits per heavy atom. The lowest BCUT2D eigenvalue weighted by Crippen LogP contribution is -2.23. The van der Waals surface area contributed by atoms with E-state index in [-0.39, 0.29) is 17.6 Å². The molecule has 0 aliphatic rings. The molecule has 0 aliphatic heterocycles. The van der Waals surface area contributed by atoms with Gasteiger partial charge >= 0.3 is 12.1 Å². The number of thiazole rings is 1. The van der Waals surface area contributed by atoms with Gasteiger partial charge in [-0.3, -0.25) is 4.79 Å². The number of aliphatic carboxylic acids is 1. The highest BCUT2D eigenvalue weighted by Gasteiger charge is 2.33. The van der Waals surface area contributed by atoms with E-state index in [4.69, 9.17) is 5.11 Å². The van der Waals surface area contributed by atoms with E-state index >= 15 is 0 Å². The number of carboxylic acid groups (broad SMARTS) is 1. The van der Waals surface area contributed by atoms with Gasteiger partial charge in [-0.1, -0.05) is 30.3 Å². The number of carbonyl (C=O) groups is 1. The largest absolute Gasteiger partial charge is 0.481 e. The summed E-state index contributed by atoms with van der Waals surface area (Å²) in [6.07, 6.45) is -3.74. The van der Waals surface area contributed by atoms with Gasteiger partial charge in [0.1, 0.15) is 0 Å². The molecule has 0 amide bonds. The summed E-state index contributed by atoms with van der Waals surface area (Å²) in [6, 6.07) is 9.04. The van der Waals surface area contributed by atoms with E-state index in [9.17, 15) is 18.0 Å². The van der Waals surface area contributed by atoms with Gasteiger partial charge in [-0.2, -0.15) is 13.2 Å². The summed E-state index contributed by atoms with van der Waals surface area (Å²) in [7, 11) is 0. The Labute approximate surface area is 135 Å². The van der Waals surface area contributed by atoms with Crippen molar-refractivity contribution in [3.05, 3.63) is 47.0 Å². The van der Waals surface area contributed by atoms with Crippen molar-refractivity contribution in [1.29, 1.82) is 0 Å². The first-order valence-electron chi connectivity index (χ1n) is 6.89. The van der Waals surface area contributed by atoms with Crippen LogP contribution in [0.3, 0.4) is 0 Å². The quantitative estimate of drug-likeness (QED) is 0.795. The number of rotatable bonds is 7. The van der Waals surface area contributed by atoms with E-state index in [1.165, 1.54) is 0 Å². The van der Waals surface area contributed by atoms with Gasteiger partial charge in [0.15, 0.2) is 10.8 Å². The molecule has 8 heteroatoms. The molecule has 1 atom stereocenters. The molecule has 0 saturated heterocycles. The van der Waals surface area contributed by atoms with Crippen molar-refractivity contribution in [2.45, 2.75) is 31.5 Å². The molecule has 1 unspecified atom stereocenters. The molecule has 2 rings (SSSR count). The Balaban J connectivity index is 2.07. The maximum atomic E-state index is 12.6. The highest BCUT2D eigenvalue weighted by Crippen LogP contribution is 2.32. The number of hydrogen-bond acceptors (Lipinski definition) is 4. The fourth-order valence-electron chi connectivity index (χ4n) is 2.07. The second kappa shape index (κ2) is 7.45. The molecule has 0 bridgehead atoms.